The van der Waals surface area contributed by atoms with E-state index in [1.165, 1.54) is 17.0 Å². The Labute approximate surface area is 265 Å². The number of nitrogens with zero attached hydrogens (tertiary/aromatic N) is 2. The van der Waals surface area contributed by atoms with Gasteiger partial charge in [0.15, 0.2) is 0 Å². The monoisotopic (exact) mass is 631 g/mol. The first-order chi connectivity index (χ1) is 21.0. The van der Waals surface area contributed by atoms with E-state index < -0.39 is 28.5 Å². The smallest absolute Gasteiger partial charge is 0.264 e. The summed E-state index contributed by atoms with van der Waals surface area (Å²) in [5.74, 6) is -0.876. The van der Waals surface area contributed by atoms with Gasteiger partial charge in [-0.1, -0.05) is 90.5 Å². The number of anilines is 1. The first-order valence-electron chi connectivity index (χ1n) is 14.5. The Kier molecular flexibility index (Phi) is 10.8. The summed E-state index contributed by atoms with van der Waals surface area (Å²) in [6.45, 7) is 6.87. The minimum Gasteiger partial charge on any atom is -0.352 e. The van der Waals surface area contributed by atoms with Gasteiger partial charge in [-0.2, -0.15) is 0 Å². The van der Waals surface area contributed by atoms with Crippen LogP contribution in [-0.4, -0.2) is 43.8 Å². The molecular weight excluding hydrogens is 594 g/mol. The predicted molar refractivity (Wildman–Crippen MR) is 176 cm³/mol. The predicted octanol–water partition coefficient (Wildman–Crippen LogP) is 6.32. The van der Waals surface area contributed by atoms with Crippen LogP contribution < -0.4 is 9.62 Å². The van der Waals surface area contributed by atoms with Crippen LogP contribution >= 0.6 is 11.6 Å². The fourth-order valence-electron chi connectivity index (χ4n) is 4.97. The molecule has 44 heavy (non-hydrogen) atoms. The summed E-state index contributed by atoms with van der Waals surface area (Å²) in [4.78, 5) is 29.8. The van der Waals surface area contributed by atoms with Crippen molar-refractivity contribution in [3.8, 4) is 0 Å². The highest BCUT2D eigenvalue weighted by molar-refractivity contribution is 7.92. The lowest BCUT2D eigenvalue weighted by Crippen LogP contribution is -2.54. The van der Waals surface area contributed by atoms with Crippen molar-refractivity contribution in [3.63, 3.8) is 0 Å². The van der Waals surface area contributed by atoms with Gasteiger partial charge in [0.2, 0.25) is 11.8 Å². The van der Waals surface area contributed by atoms with Crippen LogP contribution in [0.4, 0.5) is 5.69 Å². The summed E-state index contributed by atoms with van der Waals surface area (Å²) in [5.41, 5.74) is 3.43. The molecule has 0 unspecified atom stereocenters. The summed E-state index contributed by atoms with van der Waals surface area (Å²) >= 11 is 6.55. The van der Waals surface area contributed by atoms with Crippen LogP contribution in [0.3, 0.4) is 0 Å². The summed E-state index contributed by atoms with van der Waals surface area (Å²) < 4.78 is 29.5. The first-order valence-corrected chi connectivity index (χ1v) is 16.3. The highest BCUT2D eigenvalue weighted by Crippen LogP contribution is 2.29. The van der Waals surface area contributed by atoms with Crippen LogP contribution in [0.5, 0.6) is 0 Å². The first kappa shape index (κ1) is 32.8. The normalized spacial score (nSPS) is 12.0. The number of aryl methyl sites for hydroxylation is 2. The SMILES string of the molecule is Cc1ccc(C)c(N(CC(=O)N(Cc2ccccc2Cl)[C@H](Cc2ccccc2)C(=O)NC(C)C)S(=O)(=O)c2ccccc2)c1. The second-order valence-electron chi connectivity index (χ2n) is 11.1. The quantitative estimate of drug-likeness (QED) is 0.198. The van der Waals surface area contributed by atoms with Gasteiger partial charge in [0, 0.05) is 24.0 Å². The maximum atomic E-state index is 14.5. The molecule has 4 aromatic rings. The van der Waals surface area contributed by atoms with Gasteiger partial charge in [0.25, 0.3) is 10.0 Å². The second-order valence-corrected chi connectivity index (χ2v) is 13.4. The van der Waals surface area contributed by atoms with E-state index in [0.717, 1.165) is 15.4 Å². The molecule has 0 bridgehead atoms. The van der Waals surface area contributed by atoms with Crippen LogP contribution in [-0.2, 0) is 32.6 Å². The molecule has 0 aliphatic rings. The number of sulfonamides is 1. The van der Waals surface area contributed by atoms with Crippen molar-refractivity contribution < 1.29 is 18.0 Å². The van der Waals surface area contributed by atoms with Gasteiger partial charge in [-0.05, 0) is 74.2 Å². The molecule has 0 saturated heterocycles. The number of carbonyl (C=O) groups is 2. The van der Waals surface area contributed by atoms with Gasteiger partial charge in [-0.3, -0.25) is 13.9 Å². The molecule has 0 fully saturated rings. The average molecular weight is 632 g/mol. The Balaban J connectivity index is 1.84. The van der Waals surface area contributed by atoms with Crippen LogP contribution in [0.25, 0.3) is 0 Å². The van der Waals surface area contributed by atoms with Crippen molar-refractivity contribution in [3.05, 3.63) is 130 Å². The summed E-state index contributed by atoms with van der Waals surface area (Å²) in [6, 6.07) is 29.0. The second kappa shape index (κ2) is 14.6. The highest BCUT2D eigenvalue weighted by Gasteiger charge is 2.35. The lowest BCUT2D eigenvalue weighted by molar-refractivity contribution is -0.140. The number of halogens is 1. The number of hydrogen-bond acceptors (Lipinski definition) is 4. The number of carbonyl (C=O) groups excluding carboxylic acids is 2. The minimum absolute atomic E-state index is 0.00749. The maximum absolute atomic E-state index is 14.5. The largest absolute Gasteiger partial charge is 0.352 e. The molecule has 9 heteroatoms. The van der Waals surface area contributed by atoms with E-state index in [1.807, 2.05) is 76.2 Å². The van der Waals surface area contributed by atoms with E-state index in [1.54, 1.807) is 42.5 Å². The van der Waals surface area contributed by atoms with Gasteiger partial charge in [-0.15, -0.1) is 0 Å². The molecular formula is C35H38ClN3O4S. The fourth-order valence-corrected chi connectivity index (χ4v) is 6.65. The average Bonchev–Trinajstić information content (AvgIpc) is 3.00. The third-order valence-electron chi connectivity index (χ3n) is 7.24. The molecule has 4 aromatic carbocycles. The number of hydrogen-bond donors (Lipinski definition) is 1. The molecule has 0 aliphatic heterocycles. The van der Waals surface area contributed by atoms with E-state index in [9.17, 15) is 18.0 Å². The zero-order valence-electron chi connectivity index (χ0n) is 25.4. The van der Waals surface area contributed by atoms with E-state index in [2.05, 4.69) is 5.32 Å². The molecule has 0 saturated carbocycles. The molecule has 0 aromatic heterocycles. The number of benzene rings is 4. The molecule has 0 spiro atoms. The third-order valence-corrected chi connectivity index (χ3v) is 9.39. The van der Waals surface area contributed by atoms with Gasteiger partial charge in [0.05, 0.1) is 10.6 Å². The zero-order valence-corrected chi connectivity index (χ0v) is 27.0. The lowest BCUT2D eigenvalue weighted by Gasteiger charge is -2.34. The molecule has 4 rings (SSSR count). The van der Waals surface area contributed by atoms with Gasteiger partial charge in [0.1, 0.15) is 12.6 Å². The van der Waals surface area contributed by atoms with E-state index in [4.69, 9.17) is 11.6 Å². The van der Waals surface area contributed by atoms with Crippen molar-refractivity contribution in [2.75, 3.05) is 10.8 Å². The molecule has 0 radical (unpaired) electrons. The third kappa shape index (κ3) is 8.07. The van der Waals surface area contributed by atoms with Gasteiger partial charge >= 0.3 is 0 Å². The Morgan fingerprint density at radius 2 is 1.45 bits per heavy atom. The van der Waals surface area contributed by atoms with Crippen molar-refractivity contribution in [1.29, 1.82) is 0 Å². The summed E-state index contributed by atoms with van der Waals surface area (Å²) in [7, 11) is -4.17. The molecule has 7 nitrogen and oxygen atoms in total. The topological polar surface area (TPSA) is 86.8 Å². The molecule has 230 valence electrons. The van der Waals surface area contributed by atoms with Gasteiger partial charge in [-0.25, -0.2) is 8.42 Å². The molecule has 0 aliphatic carbocycles. The highest BCUT2D eigenvalue weighted by atomic mass is 35.5. The van der Waals surface area contributed by atoms with E-state index in [0.29, 0.717) is 21.8 Å². The number of rotatable bonds is 12. The lowest BCUT2D eigenvalue weighted by atomic mass is 10.0. The number of amides is 2. The Hall–Kier alpha value is -4.14. The van der Waals surface area contributed by atoms with Crippen molar-refractivity contribution in [2.24, 2.45) is 0 Å². The number of nitrogens with one attached hydrogen (secondary N) is 1. The van der Waals surface area contributed by atoms with Crippen molar-refractivity contribution >= 4 is 39.1 Å². The van der Waals surface area contributed by atoms with E-state index in [-0.39, 0.29) is 29.8 Å². The van der Waals surface area contributed by atoms with Crippen molar-refractivity contribution in [1.82, 2.24) is 10.2 Å². The Morgan fingerprint density at radius 3 is 2.09 bits per heavy atom. The zero-order chi connectivity index (χ0) is 31.9. The van der Waals surface area contributed by atoms with Crippen molar-refractivity contribution in [2.45, 2.75) is 57.6 Å². The Morgan fingerprint density at radius 1 is 0.841 bits per heavy atom. The van der Waals surface area contributed by atoms with Crippen LogP contribution in [0.15, 0.2) is 108 Å². The summed E-state index contributed by atoms with van der Waals surface area (Å²) in [5, 5.41) is 3.40. The van der Waals surface area contributed by atoms with E-state index >= 15 is 0 Å². The van der Waals surface area contributed by atoms with Crippen LogP contribution in [0.2, 0.25) is 5.02 Å². The summed E-state index contributed by atoms with van der Waals surface area (Å²) in [6.07, 6.45) is 0.227. The standard InChI is InChI=1S/C35H38ClN3O4S/c1-25(2)37-35(41)33(22-28-13-7-5-8-14-28)38(23-29-15-11-12-18-31(29)36)34(40)24-39(32-21-26(3)19-20-27(32)4)44(42,43)30-16-9-6-10-17-30/h5-21,25,33H,22-24H2,1-4H3,(H,37,41)/t33-/m1/s1. The fraction of sp³-hybridized carbons (Fsp3) is 0.257. The van der Waals surface area contributed by atoms with Crippen LogP contribution in [0, 0.1) is 13.8 Å². The van der Waals surface area contributed by atoms with Crippen LogP contribution in [0.1, 0.15) is 36.1 Å². The molecule has 0 heterocycles. The molecule has 1 atom stereocenters. The maximum Gasteiger partial charge on any atom is 0.264 e. The molecule has 2 amide bonds. The van der Waals surface area contributed by atoms with Gasteiger partial charge < -0.3 is 10.2 Å². The minimum atomic E-state index is -4.17. The Bertz CT molecular complexity index is 1700. The molecule has 1 N–H and O–H groups in total.